The molecule has 0 aliphatic heterocycles. The molecular weight excluding hydrogens is 245 g/mol. The Bertz CT molecular complexity index is 458. The first-order chi connectivity index (χ1) is 8.09. The molecular formula is C12H17F3N2O. The second-order valence-corrected chi connectivity index (χ2v) is 5.12. The van der Waals surface area contributed by atoms with Crippen LogP contribution in [0.2, 0.25) is 0 Å². The highest BCUT2D eigenvalue weighted by Gasteiger charge is 2.30. The van der Waals surface area contributed by atoms with Crippen LogP contribution in [0.3, 0.4) is 0 Å². The van der Waals surface area contributed by atoms with Crippen molar-refractivity contribution in [1.29, 1.82) is 0 Å². The Morgan fingerprint density at radius 3 is 2.33 bits per heavy atom. The SMILES string of the molecule is CC(C)(C)NCCn1cc(C(F)(F)F)ccc1=O. The van der Waals surface area contributed by atoms with Crippen LogP contribution in [-0.2, 0) is 12.7 Å². The van der Waals surface area contributed by atoms with Crippen LogP contribution in [0, 0.1) is 0 Å². The third kappa shape index (κ3) is 4.52. The molecule has 0 aliphatic carbocycles. The zero-order valence-electron chi connectivity index (χ0n) is 10.6. The maximum Gasteiger partial charge on any atom is 0.417 e. The molecule has 1 heterocycles. The van der Waals surface area contributed by atoms with Crippen LogP contribution in [0.25, 0.3) is 0 Å². The summed E-state index contributed by atoms with van der Waals surface area (Å²) < 4.78 is 38.5. The van der Waals surface area contributed by atoms with Gasteiger partial charge in [-0.1, -0.05) is 0 Å². The Hall–Kier alpha value is -1.30. The van der Waals surface area contributed by atoms with Gasteiger partial charge in [0.25, 0.3) is 5.56 Å². The van der Waals surface area contributed by atoms with E-state index in [1.807, 2.05) is 20.8 Å². The first kappa shape index (κ1) is 14.8. The van der Waals surface area contributed by atoms with E-state index in [1.54, 1.807) is 0 Å². The van der Waals surface area contributed by atoms with Crippen molar-refractivity contribution in [3.8, 4) is 0 Å². The summed E-state index contributed by atoms with van der Waals surface area (Å²) >= 11 is 0. The molecule has 3 nitrogen and oxygen atoms in total. The summed E-state index contributed by atoms with van der Waals surface area (Å²) in [6.07, 6.45) is -3.57. The summed E-state index contributed by atoms with van der Waals surface area (Å²) in [6, 6.07) is 1.75. The maximum absolute atomic E-state index is 12.5. The van der Waals surface area contributed by atoms with Gasteiger partial charge in [0.15, 0.2) is 0 Å². The van der Waals surface area contributed by atoms with E-state index in [0.29, 0.717) is 6.54 Å². The molecule has 1 aromatic rings. The molecule has 1 aromatic heterocycles. The van der Waals surface area contributed by atoms with Gasteiger partial charge in [0, 0.05) is 30.9 Å². The van der Waals surface area contributed by atoms with E-state index in [1.165, 1.54) is 0 Å². The highest BCUT2D eigenvalue weighted by atomic mass is 19.4. The van der Waals surface area contributed by atoms with Crippen LogP contribution in [-0.4, -0.2) is 16.7 Å². The summed E-state index contributed by atoms with van der Waals surface area (Å²) in [7, 11) is 0. The molecule has 0 radical (unpaired) electrons. The van der Waals surface area contributed by atoms with Gasteiger partial charge in [-0.15, -0.1) is 0 Å². The zero-order chi connectivity index (χ0) is 14.0. The topological polar surface area (TPSA) is 34.0 Å². The van der Waals surface area contributed by atoms with E-state index in [9.17, 15) is 18.0 Å². The number of hydrogen-bond donors (Lipinski definition) is 1. The Morgan fingerprint density at radius 1 is 1.22 bits per heavy atom. The zero-order valence-corrected chi connectivity index (χ0v) is 10.6. The Kier molecular flexibility index (Phi) is 4.21. The van der Waals surface area contributed by atoms with E-state index in [4.69, 9.17) is 0 Å². The fraction of sp³-hybridized carbons (Fsp3) is 0.583. The monoisotopic (exact) mass is 262 g/mol. The third-order valence-electron chi connectivity index (χ3n) is 2.32. The molecule has 0 atom stereocenters. The average Bonchev–Trinajstić information content (AvgIpc) is 2.17. The Morgan fingerprint density at radius 2 is 1.83 bits per heavy atom. The van der Waals surface area contributed by atoms with Crippen LogP contribution >= 0.6 is 0 Å². The highest BCUT2D eigenvalue weighted by Crippen LogP contribution is 2.27. The first-order valence-corrected chi connectivity index (χ1v) is 5.62. The minimum Gasteiger partial charge on any atom is -0.314 e. The molecule has 102 valence electrons. The van der Waals surface area contributed by atoms with Crippen molar-refractivity contribution < 1.29 is 13.2 Å². The van der Waals surface area contributed by atoms with Gasteiger partial charge in [0.1, 0.15) is 0 Å². The lowest BCUT2D eigenvalue weighted by Gasteiger charge is -2.21. The number of rotatable bonds is 3. The third-order valence-corrected chi connectivity index (χ3v) is 2.32. The lowest BCUT2D eigenvalue weighted by molar-refractivity contribution is -0.138. The number of nitrogens with zero attached hydrogens (tertiary/aromatic N) is 1. The van der Waals surface area contributed by atoms with Crippen LogP contribution in [0.4, 0.5) is 13.2 Å². The fourth-order valence-electron chi connectivity index (χ4n) is 1.43. The molecule has 0 bridgehead atoms. The number of pyridine rings is 1. The maximum atomic E-state index is 12.5. The van der Waals surface area contributed by atoms with E-state index in [0.717, 1.165) is 22.9 Å². The molecule has 18 heavy (non-hydrogen) atoms. The summed E-state index contributed by atoms with van der Waals surface area (Å²) in [5.74, 6) is 0. The first-order valence-electron chi connectivity index (χ1n) is 5.62. The van der Waals surface area contributed by atoms with Crippen molar-refractivity contribution in [2.45, 2.75) is 39.0 Å². The molecule has 0 aromatic carbocycles. The number of nitrogens with one attached hydrogen (secondary N) is 1. The molecule has 0 amide bonds. The van der Waals surface area contributed by atoms with Gasteiger partial charge in [-0.25, -0.2) is 0 Å². The van der Waals surface area contributed by atoms with E-state index < -0.39 is 17.3 Å². The molecule has 0 saturated heterocycles. The molecule has 0 saturated carbocycles. The molecule has 0 spiro atoms. The Balaban J connectivity index is 2.80. The summed E-state index contributed by atoms with van der Waals surface area (Å²) in [6.45, 7) is 6.48. The molecule has 0 aliphatic rings. The number of aromatic nitrogens is 1. The van der Waals surface area contributed by atoms with Crippen molar-refractivity contribution in [3.05, 3.63) is 34.2 Å². The van der Waals surface area contributed by atoms with E-state index in [-0.39, 0.29) is 12.1 Å². The van der Waals surface area contributed by atoms with Crippen LogP contribution < -0.4 is 10.9 Å². The second-order valence-electron chi connectivity index (χ2n) is 5.12. The second kappa shape index (κ2) is 5.14. The van der Waals surface area contributed by atoms with Crippen molar-refractivity contribution in [1.82, 2.24) is 9.88 Å². The predicted octanol–water partition coefficient (Wildman–Crippen LogP) is 2.26. The summed E-state index contributed by atoms with van der Waals surface area (Å²) in [5.41, 5.74) is -1.37. The molecule has 1 N–H and O–H groups in total. The van der Waals surface area contributed by atoms with Crippen molar-refractivity contribution in [2.24, 2.45) is 0 Å². The Labute approximate surface area is 104 Å². The number of alkyl halides is 3. The standard InChI is InChI=1S/C12H17F3N2O/c1-11(2,3)16-6-7-17-8-9(12(13,14)15)4-5-10(17)18/h4-5,8,16H,6-7H2,1-3H3. The van der Waals surface area contributed by atoms with Gasteiger partial charge < -0.3 is 9.88 Å². The minimum absolute atomic E-state index is 0.134. The van der Waals surface area contributed by atoms with Gasteiger partial charge in [0.2, 0.25) is 0 Å². The van der Waals surface area contributed by atoms with Gasteiger partial charge in [-0.05, 0) is 26.8 Å². The molecule has 0 fully saturated rings. The summed E-state index contributed by atoms with van der Waals surface area (Å²) in [5, 5.41) is 3.11. The molecule has 0 unspecified atom stereocenters. The van der Waals surface area contributed by atoms with E-state index in [2.05, 4.69) is 5.32 Å². The van der Waals surface area contributed by atoms with Gasteiger partial charge in [0.05, 0.1) is 5.56 Å². The summed E-state index contributed by atoms with van der Waals surface area (Å²) in [4.78, 5) is 11.4. The normalized spacial score (nSPS) is 12.8. The fourth-order valence-corrected chi connectivity index (χ4v) is 1.43. The van der Waals surface area contributed by atoms with Gasteiger partial charge in [-0.2, -0.15) is 13.2 Å². The lowest BCUT2D eigenvalue weighted by atomic mass is 10.1. The van der Waals surface area contributed by atoms with Crippen LogP contribution in [0.5, 0.6) is 0 Å². The largest absolute Gasteiger partial charge is 0.417 e. The van der Waals surface area contributed by atoms with Crippen molar-refractivity contribution in [3.63, 3.8) is 0 Å². The smallest absolute Gasteiger partial charge is 0.314 e. The minimum atomic E-state index is -4.42. The lowest BCUT2D eigenvalue weighted by Crippen LogP contribution is -2.39. The quantitative estimate of drug-likeness (QED) is 0.906. The van der Waals surface area contributed by atoms with Crippen LogP contribution in [0.15, 0.2) is 23.1 Å². The van der Waals surface area contributed by atoms with Crippen LogP contribution in [0.1, 0.15) is 26.3 Å². The van der Waals surface area contributed by atoms with Gasteiger partial charge >= 0.3 is 6.18 Å². The number of halogens is 3. The molecule has 1 rings (SSSR count). The average molecular weight is 262 g/mol. The van der Waals surface area contributed by atoms with Crippen molar-refractivity contribution in [2.75, 3.05) is 6.54 Å². The molecule has 6 heteroatoms. The van der Waals surface area contributed by atoms with E-state index >= 15 is 0 Å². The highest BCUT2D eigenvalue weighted by molar-refractivity contribution is 5.13. The predicted molar refractivity (Wildman–Crippen MR) is 63.5 cm³/mol. The van der Waals surface area contributed by atoms with Gasteiger partial charge in [-0.3, -0.25) is 4.79 Å². The van der Waals surface area contributed by atoms with Crippen molar-refractivity contribution >= 4 is 0 Å². The number of hydrogen-bond acceptors (Lipinski definition) is 2.